The molecule has 0 spiro atoms. The fraction of sp³-hybridized carbons (Fsp3) is 0.238. The highest BCUT2D eigenvalue weighted by Crippen LogP contribution is 2.35. The Kier molecular flexibility index (Phi) is 5.59. The molecule has 10 heteroatoms. The number of carbonyl (C=O) groups is 1. The number of amides is 1. The maximum atomic E-state index is 12.7. The summed E-state index contributed by atoms with van der Waals surface area (Å²) in [6.07, 6.45) is 1.75. The van der Waals surface area contributed by atoms with Gasteiger partial charge < -0.3 is 9.47 Å². The van der Waals surface area contributed by atoms with E-state index in [-0.39, 0.29) is 5.91 Å². The maximum Gasteiger partial charge on any atom is 0.257 e. The fourth-order valence-corrected chi connectivity index (χ4v) is 5.16. The van der Waals surface area contributed by atoms with Crippen LogP contribution in [0.15, 0.2) is 41.8 Å². The second-order valence-electron chi connectivity index (χ2n) is 6.99. The van der Waals surface area contributed by atoms with Crippen molar-refractivity contribution in [3.8, 4) is 22.8 Å². The van der Waals surface area contributed by atoms with Gasteiger partial charge in [-0.15, -0.1) is 11.3 Å². The normalized spacial score (nSPS) is 13.1. The zero-order valence-corrected chi connectivity index (χ0v) is 18.8. The average Bonchev–Trinajstić information content (AvgIpc) is 3.39. The lowest BCUT2D eigenvalue weighted by atomic mass is 10.1. The molecule has 3 aromatic rings. The predicted molar refractivity (Wildman–Crippen MR) is 121 cm³/mol. The van der Waals surface area contributed by atoms with Crippen LogP contribution in [0, 0.1) is 0 Å². The summed E-state index contributed by atoms with van der Waals surface area (Å²) >= 11 is 1.30. The molecule has 2 heterocycles. The van der Waals surface area contributed by atoms with Gasteiger partial charge in [-0.1, -0.05) is 0 Å². The maximum absolute atomic E-state index is 12.7. The zero-order valence-electron chi connectivity index (χ0n) is 17.2. The number of benzene rings is 2. The first-order valence-corrected chi connectivity index (χ1v) is 12.1. The van der Waals surface area contributed by atoms with Gasteiger partial charge >= 0.3 is 0 Å². The number of aromatic nitrogens is 1. The molecule has 0 aliphatic carbocycles. The van der Waals surface area contributed by atoms with Crippen LogP contribution in [0.5, 0.6) is 11.5 Å². The molecule has 0 radical (unpaired) electrons. The SMILES string of the molecule is COc1ccc(OC)c(-c2csc(NC(=O)c3ccc4c(c3)CCN4S(C)(=O)=O)n2)c1. The van der Waals surface area contributed by atoms with Crippen LogP contribution in [0.2, 0.25) is 0 Å². The van der Waals surface area contributed by atoms with E-state index in [0.29, 0.717) is 46.5 Å². The van der Waals surface area contributed by atoms with Crippen molar-refractivity contribution in [2.75, 3.05) is 36.6 Å². The molecule has 4 rings (SSSR count). The van der Waals surface area contributed by atoms with E-state index in [1.807, 2.05) is 11.4 Å². The third-order valence-corrected chi connectivity index (χ3v) is 6.94. The lowest BCUT2D eigenvalue weighted by Crippen LogP contribution is -2.27. The van der Waals surface area contributed by atoms with Crippen LogP contribution in [0.3, 0.4) is 0 Å². The van der Waals surface area contributed by atoms with Crippen LogP contribution in [-0.4, -0.2) is 46.3 Å². The summed E-state index contributed by atoms with van der Waals surface area (Å²) in [5.74, 6) is 1.02. The minimum absolute atomic E-state index is 0.306. The summed E-state index contributed by atoms with van der Waals surface area (Å²) in [5, 5.41) is 5.09. The van der Waals surface area contributed by atoms with Crippen molar-refractivity contribution < 1.29 is 22.7 Å². The number of nitrogens with zero attached hydrogens (tertiary/aromatic N) is 2. The van der Waals surface area contributed by atoms with Crippen molar-refractivity contribution in [1.29, 1.82) is 0 Å². The van der Waals surface area contributed by atoms with Gasteiger partial charge in [0.2, 0.25) is 10.0 Å². The number of carbonyl (C=O) groups excluding carboxylic acids is 1. The summed E-state index contributed by atoms with van der Waals surface area (Å²) in [7, 11) is -0.157. The van der Waals surface area contributed by atoms with Crippen molar-refractivity contribution in [3.05, 3.63) is 52.9 Å². The number of anilines is 2. The standard InChI is InChI=1S/C21H21N3O5S2/c1-28-15-5-7-19(29-2)16(11-15)17-12-30-21(22-17)23-20(25)14-4-6-18-13(10-14)8-9-24(18)31(3,26)27/h4-7,10-12H,8-9H2,1-3H3,(H,22,23,25). The summed E-state index contributed by atoms with van der Waals surface area (Å²) in [5.41, 5.74) is 3.33. The van der Waals surface area contributed by atoms with Gasteiger partial charge in [-0.25, -0.2) is 13.4 Å². The molecular formula is C21H21N3O5S2. The molecule has 1 aliphatic rings. The predicted octanol–water partition coefficient (Wildman–Crippen LogP) is 3.40. The highest BCUT2D eigenvalue weighted by Gasteiger charge is 2.27. The summed E-state index contributed by atoms with van der Waals surface area (Å²) in [6.45, 7) is 0.386. The lowest BCUT2D eigenvalue weighted by molar-refractivity contribution is 0.102. The first kappa shape index (κ1) is 21.1. The van der Waals surface area contributed by atoms with E-state index in [1.54, 1.807) is 44.6 Å². The first-order chi connectivity index (χ1) is 14.8. The molecule has 1 aliphatic heterocycles. The Hall–Kier alpha value is -3.11. The van der Waals surface area contributed by atoms with E-state index >= 15 is 0 Å². The number of ether oxygens (including phenoxy) is 2. The number of rotatable bonds is 6. The van der Waals surface area contributed by atoms with Crippen LogP contribution >= 0.6 is 11.3 Å². The summed E-state index contributed by atoms with van der Waals surface area (Å²) < 4.78 is 35.8. The molecule has 0 fully saturated rings. The second-order valence-corrected chi connectivity index (χ2v) is 9.75. The van der Waals surface area contributed by atoms with Crippen LogP contribution in [-0.2, 0) is 16.4 Å². The molecule has 0 atom stereocenters. The Morgan fingerprint density at radius 3 is 2.68 bits per heavy atom. The average molecular weight is 460 g/mol. The van der Waals surface area contributed by atoms with Crippen LogP contribution in [0.25, 0.3) is 11.3 Å². The monoisotopic (exact) mass is 459 g/mol. The van der Waals surface area contributed by atoms with E-state index in [0.717, 1.165) is 11.1 Å². The van der Waals surface area contributed by atoms with Gasteiger partial charge in [0.05, 0.1) is 31.9 Å². The quantitative estimate of drug-likeness (QED) is 0.607. The summed E-state index contributed by atoms with van der Waals surface area (Å²) in [4.78, 5) is 17.3. The molecule has 31 heavy (non-hydrogen) atoms. The molecule has 0 unspecified atom stereocenters. The Bertz CT molecular complexity index is 1250. The molecule has 1 aromatic heterocycles. The van der Waals surface area contributed by atoms with E-state index < -0.39 is 10.0 Å². The molecule has 162 valence electrons. The van der Waals surface area contributed by atoms with E-state index in [9.17, 15) is 13.2 Å². The van der Waals surface area contributed by atoms with Crippen LogP contribution < -0.4 is 19.1 Å². The van der Waals surface area contributed by atoms with Gasteiger partial charge in [-0.3, -0.25) is 14.4 Å². The van der Waals surface area contributed by atoms with Crippen molar-refractivity contribution in [1.82, 2.24) is 4.98 Å². The Morgan fingerprint density at radius 1 is 1.16 bits per heavy atom. The van der Waals surface area contributed by atoms with E-state index in [4.69, 9.17) is 9.47 Å². The fourth-order valence-electron chi connectivity index (χ4n) is 3.50. The number of thiazole rings is 1. The number of sulfonamides is 1. The van der Waals surface area contributed by atoms with Gasteiger partial charge in [0.25, 0.3) is 5.91 Å². The molecular weight excluding hydrogens is 438 g/mol. The van der Waals surface area contributed by atoms with E-state index in [1.165, 1.54) is 21.9 Å². The Morgan fingerprint density at radius 2 is 1.97 bits per heavy atom. The number of hydrogen-bond acceptors (Lipinski definition) is 7. The Balaban J connectivity index is 1.54. The first-order valence-electron chi connectivity index (χ1n) is 9.40. The van der Waals surface area contributed by atoms with Crippen molar-refractivity contribution in [2.24, 2.45) is 0 Å². The number of hydrogen-bond donors (Lipinski definition) is 1. The van der Waals surface area contributed by atoms with Gasteiger partial charge in [0.15, 0.2) is 5.13 Å². The lowest BCUT2D eigenvalue weighted by Gasteiger charge is -2.16. The van der Waals surface area contributed by atoms with Crippen molar-refractivity contribution >= 4 is 38.1 Å². The molecule has 0 saturated carbocycles. The molecule has 2 aromatic carbocycles. The third-order valence-electron chi connectivity index (χ3n) is 5.00. The number of methoxy groups -OCH3 is 2. The van der Waals surface area contributed by atoms with Gasteiger partial charge in [-0.2, -0.15) is 0 Å². The van der Waals surface area contributed by atoms with E-state index in [2.05, 4.69) is 10.3 Å². The highest BCUT2D eigenvalue weighted by atomic mass is 32.2. The minimum Gasteiger partial charge on any atom is -0.497 e. The molecule has 1 N–H and O–H groups in total. The number of nitrogens with one attached hydrogen (secondary N) is 1. The van der Waals surface area contributed by atoms with Gasteiger partial charge in [0, 0.05) is 23.1 Å². The number of fused-ring (bicyclic) bond motifs is 1. The largest absolute Gasteiger partial charge is 0.497 e. The smallest absolute Gasteiger partial charge is 0.257 e. The van der Waals surface area contributed by atoms with Crippen molar-refractivity contribution in [3.63, 3.8) is 0 Å². The Labute approximate surface area is 184 Å². The van der Waals surface area contributed by atoms with Crippen LogP contribution in [0.1, 0.15) is 15.9 Å². The summed E-state index contributed by atoms with van der Waals surface area (Å²) in [6, 6.07) is 10.5. The second kappa shape index (κ2) is 8.20. The minimum atomic E-state index is -3.33. The van der Waals surface area contributed by atoms with Gasteiger partial charge in [-0.05, 0) is 48.4 Å². The van der Waals surface area contributed by atoms with Gasteiger partial charge in [0.1, 0.15) is 11.5 Å². The zero-order chi connectivity index (χ0) is 22.2. The highest BCUT2D eigenvalue weighted by molar-refractivity contribution is 7.92. The van der Waals surface area contributed by atoms with Crippen LogP contribution in [0.4, 0.5) is 10.8 Å². The molecule has 1 amide bonds. The molecule has 8 nitrogen and oxygen atoms in total. The van der Waals surface area contributed by atoms with Crippen molar-refractivity contribution in [2.45, 2.75) is 6.42 Å². The third kappa shape index (κ3) is 4.21. The molecule has 0 bridgehead atoms. The molecule has 0 saturated heterocycles. The topological polar surface area (TPSA) is 97.8 Å².